The van der Waals surface area contributed by atoms with Crippen molar-refractivity contribution >= 4 is 8.32 Å². The predicted octanol–water partition coefficient (Wildman–Crippen LogP) is 9.89. The molecular formula is C34H53NO2Si. The second-order valence-corrected chi connectivity index (χ2v) is 20.8. The SMILES string of the molecule is CC(C)c1nc2c(c3c1[C@@H](c1ccc(C(C)(C)C)cc1)OC3(C)C)[C@@H](O[Si](C)(C)C(C)(C)C)CC(C)(C)C2. The molecule has 2 aromatic rings. The highest BCUT2D eigenvalue weighted by molar-refractivity contribution is 6.74. The molecular weight excluding hydrogens is 482 g/mol. The van der Waals surface area contributed by atoms with Crippen LogP contribution in [0.5, 0.6) is 0 Å². The monoisotopic (exact) mass is 535 g/mol. The van der Waals surface area contributed by atoms with E-state index in [1.54, 1.807) is 0 Å². The van der Waals surface area contributed by atoms with Crippen molar-refractivity contribution in [3.8, 4) is 0 Å². The highest BCUT2D eigenvalue weighted by Gasteiger charge is 2.49. The Balaban J connectivity index is 1.95. The second-order valence-electron chi connectivity index (χ2n) is 16.1. The van der Waals surface area contributed by atoms with Crippen LogP contribution < -0.4 is 0 Å². The molecule has 1 aromatic heterocycles. The first-order valence-electron chi connectivity index (χ1n) is 14.7. The van der Waals surface area contributed by atoms with Gasteiger partial charge in [-0.25, -0.2) is 0 Å². The van der Waals surface area contributed by atoms with E-state index in [2.05, 4.69) is 120 Å². The van der Waals surface area contributed by atoms with Gasteiger partial charge in [-0.15, -0.1) is 0 Å². The Morgan fingerprint density at radius 2 is 1.53 bits per heavy atom. The Hall–Kier alpha value is -1.49. The number of hydrogen-bond acceptors (Lipinski definition) is 3. The zero-order chi connectivity index (χ0) is 28.6. The summed E-state index contributed by atoms with van der Waals surface area (Å²) in [6.45, 7) is 32.4. The van der Waals surface area contributed by atoms with E-state index in [1.165, 1.54) is 39.2 Å². The van der Waals surface area contributed by atoms with E-state index >= 15 is 0 Å². The Kier molecular flexibility index (Phi) is 7.20. The first-order chi connectivity index (χ1) is 17.1. The van der Waals surface area contributed by atoms with Crippen LogP contribution in [0, 0.1) is 5.41 Å². The zero-order valence-corrected chi connectivity index (χ0v) is 27.7. The minimum absolute atomic E-state index is 0.0435. The third-order valence-electron chi connectivity index (χ3n) is 9.23. The van der Waals surface area contributed by atoms with Crippen LogP contribution in [0.25, 0.3) is 0 Å². The zero-order valence-electron chi connectivity index (χ0n) is 26.7. The molecule has 0 radical (unpaired) electrons. The van der Waals surface area contributed by atoms with Crippen molar-refractivity contribution < 1.29 is 9.16 Å². The molecule has 1 aromatic carbocycles. The molecule has 4 rings (SSSR count). The summed E-state index contributed by atoms with van der Waals surface area (Å²) in [4.78, 5) is 5.48. The van der Waals surface area contributed by atoms with Crippen molar-refractivity contribution in [3.05, 3.63) is 63.5 Å². The number of hydrogen-bond donors (Lipinski definition) is 0. The lowest BCUT2D eigenvalue weighted by Crippen LogP contribution is -2.44. The third-order valence-corrected chi connectivity index (χ3v) is 13.7. The van der Waals surface area contributed by atoms with Gasteiger partial charge in [0.05, 0.1) is 11.7 Å². The van der Waals surface area contributed by atoms with Gasteiger partial charge in [-0.3, -0.25) is 4.98 Å². The lowest BCUT2D eigenvalue weighted by atomic mass is 9.71. The van der Waals surface area contributed by atoms with Crippen LogP contribution in [-0.2, 0) is 26.6 Å². The lowest BCUT2D eigenvalue weighted by molar-refractivity contribution is -0.0358. The van der Waals surface area contributed by atoms with Gasteiger partial charge in [-0.2, -0.15) is 0 Å². The van der Waals surface area contributed by atoms with Crippen LogP contribution in [0.3, 0.4) is 0 Å². The Bertz CT molecular complexity index is 1190. The van der Waals surface area contributed by atoms with E-state index in [9.17, 15) is 0 Å². The van der Waals surface area contributed by atoms with E-state index < -0.39 is 13.9 Å². The number of ether oxygens (including phenoxy) is 1. The van der Waals surface area contributed by atoms with Crippen LogP contribution in [-0.4, -0.2) is 13.3 Å². The Morgan fingerprint density at radius 3 is 2.03 bits per heavy atom. The van der Waals surface area contributed by atoms with Gasteiger partial charge < -0.3 is 9.16 Å². The minimum Gasteiger partial charge on any atom is -0.410 e. The average molecular weight is 536 g/mol. The molecule has 4 heteroatoms. The molecule has 0 bridgehead atoms. The summed E-state index contributed by atoms with van der Waals surface area (Å²) >= 11 is 0. The van der Waals surface area contributed by atoms with Crippen molar-refractivity contribution in [1.29, 1.82) is 0 Å². The maximum absolute atomic E-state index is 7.26. The summed E-state index contributed by atoms with van der Waals surface area (Å²) in [7, 11) is -2.01. The molecule has 0 spiro atoms. The summed E-state index contributed by atoms with van der Waals surface area (Å²) in [6, 6.07) is 9.09. The molecule has 38 heavy (non-hydrogen) atoms. The number of rotatable bonds is 4. The summed E-state index contributed by atoms with van der Waals surface area (Å²) in [6.07, 6.45) is 1.92. The molecule has 2 heterocycles. The summed E-state index contributed by atoms with van der Waals surface area (Å²) in [5.74, 6) is 0.313. The maximum atomic E-state index is 7.26. The topological polar surface area (TPSA) is 31.4 Å². The Labute approximate surface area is 234 Å². The van der Waals surface area contributed by atoms with Gasteiger partial charge in [-0.05, 0) is 78.3 Å². The standard InChI is InChI=1S/C34H53NO2Si/c1-21(2)29-27-28(34(11,12)36-30(27)22-15-17-23(18-16-22)31(3,4)5)26-24(35-29)19-33(9,10)20-25(26)37-38(13,14)32(6,7)8/h15-18,21,25,30H,19-20H2,1-14H3/t25-,30+/m0/s1. The number of nitrogens with zero attached hydrogens (tertiary/aromatic N) is 1. The molecule has 2 aliphatic rings. The fourth-order valence-electron chi connectivity index (χ4n) is 6.09. The molecule has 1 aliphatic carbocycles. The van der Waals surface area contributed by atoms with Gasteiger partial charge in [-0.1, -0.05) is 93.5 Å². The van der Waals surface area contributed by atoms with Gasteiger partial charge in [0.15, 0.2) is 8.32 Å². The average Bonchev–Trinajstić information content (AvgIpc) is 3.02. The number of aromatic nitrogens is 1. The Morgan fingerprint density at radius 1 is 0.947 bits per heavy atom. The molecule has 0 N–H and O–H groups in total. The molecule has 0 saturated heterocycles. The fraction of sp³-hybridized carbons (Fsp3) is 0.676. The first-order valence-corrected chi connectivity index (χ1v) is 17.6. The van der Waals surface area contributed by atoms with Crippen LogP contribution in [0.1, 0.15) is 147 Å². The molecule has 0 unspecified atom stereocenters. The van der Waals surface area contributed by atoms with Crippen LogP contribution >= 0.6 is 0 Å². The van der Waals surface area contributed by atoms with Crippen LogP contribution in [0.2, 0.25) is 18.1 Å². The second kappa shape index (κ2) is 9.28. The van der Waals surface area contributed by atoms with Gasteiger partial charge in [0.1, 0.15) is 6.10 Å². The number of fused-ring (bicyclic) bond motifs is 3. The van der Waals surface area contributed by atoms with Crippen molar-refractivity contribution in [2.45, 2.75) is 143 Å². The van der Waals surface area contributed by atoms with Crippen molar-refractivity contribution in [1.82, 2.24) is 4.98 Å². The highest BCUT2D eigenvalue weighted by atomic mass is 28.4. The summed E-state index contributed by atoms with van der Waals surface area (Å²) in [5.41, 5.74) is 8.78. The predicted molar refractivity (Wildman–Crippen MR) is 163 cm³/mol. The molecule has 1 aliphatic heterocycles. The summed E-state index contributed by atoms with van der Waals surface area (Å²) < 4.78 is 14.3. The molecule has 2 atom stereocenters. The highest BCUT2D eigenvalue weighted by Crippen LogP contribution is 2.56. The fourth-order valence-corrected chi connectivity index (χ4v) is 7.35. The molecule has 0 saturated carbocycles. The van der Waals surface area contributed by atoms with E-state index in [4.69, 9.17) is 14.1 Å². The van der Waals surface area contributed by atoms with Crippen LogP contribution in [0.15, 0.2) is 24.3 Å². The molecule has 3 nitrogen and oxygen atoms in total. The van der Waals surface area contributed by atoms with E-state index in [1.807, 2.05) is 0 Å². The number of pyridine rings is 1. The van der Waals surface area contributed by atoms with Crippen molar-refractivity contribution in [3.63, 3.8) is 0 Å². The lowest BCUT2D eigenvalue weighted by Gasteiger charge is -2.45. The molecule has 0 fully saturated rings. The van der Waals surface area contributed by atoms with Gasteiger partial charge >= 0.3 is 0 Å². The first kappa shape index (κ1) is 29.5. The quantitative estimate of drug-likeness (QED) is 0.365. The third kappa shape index (κ3) is 5.30. The normalized spacial score (nSPS) is 22.9. The minimum atomic E-state index is -2.01. The molecule has 210 valence electrons. The van der Waals surface area contributed by atoms with Crippen molar-refractivity contribution in [2.75, 3.05) is 0 Å². The van der Waals surface area contributed by atoms with Gasteiger partial charge in [0.25, 0.3) is 0 Å². The van der Waals surface area contributed by atoms with E-state index in [0.29, 0.717) is 5.92 Å². The van der Waals surface area contributed by atoms with E-state index in [0.717, 1.165) is 12.8 Å². The van der Waals surface area contributed by atoms with E-state index in [-0.39, 0.29) is 28.1 Å². The van der Waals surface area contributed by atoms with Crippen LogP contribution in [0.4, 0.5) is 0 Å². The largest absolute Gasteiger partial charge is 0.410 e. The number of benzene rings is 1. The summed E-state index contributed by atoms with van der Waals surface area (Å²) in [5, 5.41) is 0.145. The van der Waals surface area contributed by atoms with Crippen molar-refractivity contribution in [2.24, 2.45) is 5.41 Å². The van der Waals surface area contributed by atoms with Gasteiger partial charge in [0, 0.05) is 22.5 Å². The van der Waals surface area contributed by atoms with Gasteiger partial charge in [0.2, 0.25) is 0 Å². The molecule has 0 amide bonds. The smallest absolute Gasteiger partial charge is 0.192 e. The maximum Gasteiger partial charge on any atom is 0.192 e.